The number of nitrogens with zero attached hydrogens (tertiary/aromatic N) is 3. The van der Waals surface area contributed by atoms with Crippen LogP contribution in [0.2, 0.25) is 0 Å². The first-order valence-corrected chi connectivity index (χ1v) is 6.63. The molecule has 19 heavy (non-hydrogen) atoms. The molecule has 1 aliphatic carbocycles. The topological polar surface area (TPSA) is 68.0 Å². The van der Waals surface area contributed by atoms with Gasteiger partial charge in [-0.1, -0.05) is 12.8 Å². The second kappa shape index (κ2) is 4.33. The molecular formula is C14H17N3O2. The van der Waals surface area contributed by atoms with Crippen molar-refractivity contribution in [2.75, 3.05) is 0 Å². The average molecular weight is 259 g/mol. The van der Waals surface area contributed by atoms with Gasteiger partial charge in [-0.15, -0.1) is 0 Å². The monoisotopic (exact) mass is 259 g/mol. The molecule has 0 aromatic carbocycles. The molecule has 1 N–H and O–H groups in total. The van der Waals surface area contributed by atoms with Crippen molar-refractivity contribution in [3.8, 4) is 11.4 Å². The number of carboxylic acid groups (broad SMARTS) is 1. The van der Waals surface area contributed by atoms with Crippen LogP contribution in [-0.2, 0) is 4.79 Å². The van der Waals surface area contributed by atoms with Crippen molar-refractivity contribution in [3.05, 3.63) is 24.8 Å². The van der Waals surface area contributed by atoms with E-state index in [1.54, 1.807) is 0 Å². The lowest BCUT2D eigenvalue weighted by molar-refractivity contribution is -0.152. The Balaban J connectivity index is 2.03. The van der Waals surface area contributed by atoms with Crippen LogP contribution in [0.1, 0.15) is 38.6 Å². The van der Waals surface area contributed by atoms with Crippen LogP contribution in [-0.4, -0.2) is 25.6 Å². The molecule has 0 aromatic rings. The quantitative estimate of drug-likeness (QED) is 0.900. The Bertz CT molecular complexity index is 580. The number of aliphatic carboxylic acids is 1. The molecule has 1 saturated carbocycles. The fraction of sp³-hybridized carbons (Fsp3) is 0.500. The lowest BCUT2D eigenvalue weighted by Gasteiger charge is -2.39. The molecule has 0 spiro atoms. The smallest absolute Gasteiger partial charge is 0.311 e. The van der Waals surface area contributed by atoms with E-state index in [-0.39, 0.29) is 6.04 Å². The van der Waals surface area contributed by atoms with Crippen LogP contribution < -0.4 is 0 Å². The normalized spacial score (nSPS) is 27.5. The summed E-state index contributed by atoms with van der Waals surface area (Å²) >= 11 is 0. The van der Waals surface area contributed by atoms with E-state index in [4.69, 9.17) is 0 Å². The summed E-state index contributed by atoms with van der Waals surface area (Å²) in [4.78, 5) is 20.0. The van der Waals surface area contributed by atoms with Gasteiger partial charge in [0.1, 0.15) is 12.0 Å². The van der Waals surface area contributed by atoms with Gasteiger partial charge in [0, 0.05) is 18.4 Å². The molecule has 3 rings (SSSR count). The van der Waals surface area contributed by atoms with E-state index in [0.717, 1.165) is 37.1 Å². The van der Waals surface area contributed by atoms with Gasteiger partial charge in [-0.3, -0.25) is 4.79 Å². The number of carboxylic acids is 1. The summed E-state index contributed by atoms with van der Waals surface area (Å²) in [6, 6.07) is 1.89. The van der Waals surface area contributed by atoms with Crippen molar-refractivity contribution in [3.63, 3.8) is 0 Å². The van der Waals surface area contributed by atoms with E-state index >= 15 is 0 Å². The minimum absolute atomic E-state index is 0.0140. The molecule has 5 nitrogen and oxygen atoms in total. The van der Waals surface area contributed by atoms with Gasteiger partial charge in [-0.05, 0) is 25.8 Å². The predicted molar refractivity (Wildman–Crippen MR) is 69.9 cm³/mol. The third-order valence-electron chi connectivity index (χ3n) is 4.34. The van der Waals surface area contributed by atoms with Gasteiger partial charge < -0.3 is 9.67 Å². The number of rotatable bonds is 2. The third-order valence-corrected chi connectivity index (χ3v) is 4.34. The molecule has 3 aliphatic rings. The highest BCUT2D eigenvalue weighted by Crippen LogP contribution is 2.44. The lowest BCUT2D eigenvalue weighted by Crippen LogP contribution is -2.39. The summed E-state index contributed by atoms with van der Waals surface area (Å²) in [6.45, 7) is 1.85. The van der Waals surface area contributed by atoms with Crippen molar-refractivity contribution in [1.29, 1.82) is 0 Å². The molecule has 2 unspecified atom stereocenters. The molecule has 0 amide bonds. The summed E-state index contributed by atoms with van der Waals surface area (Å²) < 4.78 is 2.00. The van der Waals surface area contributed by atoms with Gasteiger partial charge in [-0.2, -0.15) is 0 Å². The maximum atomic E-state index is 11.6. The molecule has 2 heterocycles. The van der Waals surface area contributed by atoms with Crippen LogP contribution in [0.25, 0.3) is 11.4 Å². The van der Waals surface area contributed by atoms with Gasteiger partial charge >= 0.3 is 5.97 Å². The zero-order valence-corrected chi connectivity index (χ0v) is 10.9. The van der Waals surface area contributed by atoms with Crippen LogP contribution in [0.15, 0.2) is 24.8 Å². The first-order valence-electron chi connectivity index (χ1n) is 6.63. The Hall–Kier alpha value is -1.91. The molecule has 0 bridgehead atoms. The summed E-state index contributed by atoms with van der Waals surface area (Å²) in [5, 5.41) is 9.56. The lowest BCUT2D eigenvalue weighted by atomic mass is 9.71. The number of fused-ring (bicyclic) bond motifs is 1. The second-order valence-corrected chi connectivity index (χ2v) is 5.52. The highest BCUT2D eigenvalue weighted by molar-refractivity contribution is 5.75. The minimum atomic E-state index is -0.710. The first kappa shape index (κ1) is 12.1. The molecule has 5 heteroatoms. The fourth-order valence-electron chi connectivity index (χ4n) is 3.09. The SMILES string of the molecule is CC1(C(=O)O)CCCCC1n1ccc2ncnc-2c1. The molecule has 0 radical (unpaired) electrons. The van der Waals surface area contributed by atoms with Crippen LogP contribution >= 0.6 is 0 Å². The fourth-order valence-corrected chi connectivity index (χ4v) is 3.09. The number of imidazole rings is 1. The highest BCUT2D eigenvalue weighted by atomic mass is 16.4. The Morgan fingerprint density at radius 3 is 3.00 bits per heavy atom. The van der Waals surface area contributed by atoms with E-state index in [9.17, 15) is 9.90 Å². The number of hydrogen-bond donors (Lipinski definition) is 1. The zero-order valence-electron chi connectivity index (χ0n) is 10.9. The van der Waals surface area contributed by atoms with E-state index in [1.807, 2.05) is 30.0 Å². The number of carbonyl (C=O) groups is 1. The first-order chi connectivity index (χ1) is 9.11. The van der Waals surface area contributed by atoms with Crippen molar-refractivity contribution >= 4 is 5.97 Å². The Labute approximate surface area is 111 Å². The Kier molecular flexibility index (Phi) is 2.77. The van der Waals surface area contributed by atoms with Crippen LogP contribution in [0.4, 0.5) is 0 Å². The molecule has 1 fully saturated rings. The van der Waals surface area contributed by atoms with Crippen molar-refractivity contribution in [2.24, 2.45) is 5.41 Å². The van der Waals surface area contributed by atoms with Gasteiger partial charge in [-0.25, -0.2) is 9.97 Å². The van der Waals surface area contributed by atoms with Crippen LogP contribution in [0.3, 0.4) is 0 Å². The molecule has 0 aromatic heterocycles. The average Bonchev–Trinajstić information content (AvgIpc) is 2.86. The second-order valence-electron chi connectivity index (χ2n) is 5.52. The summed E-state index contributed by atoms with van der Waals surface area (Å²) in [7, 11) is 0. The molecular weight excluding hydrogens is 242 g/mol. The molecule has 100 valence electrons. The zero-order chi connectivity index (χ0) is 13.5. The minimum Gasteiger partial charge on any atom is -0.481 e. The van der Waals surface area contributed by atoms with Crippen LogP contribution in [0.5, 0.6) is 0 Å². The van der Waals surface area contributed by atoms with E-state index in [2.05, 4.69) is 9.97 Å². The van der Waals surface area contributed by atoms with Crippen molar-refractivity contribution < 1.29 is 9.90 Å². The standard InChI is InChI=1S/C14H17N3O2/c1-14(13(18)19)6-3-2-4-12(14)17-7-5-10-11(8-17)16-9-15-10/h5,7-9,12H,2-4,6H2,1H3,(H,18,19). The number of pyridine rings is 1. The maximum Gasteiger partial charge on any atom is 0.311 e. The summed E-state index contributed by atoms with van der Waals surface area (Å²) in [5.41, 5.74) is 0.973. The Morgan fingerprint density at radius 2 is 2.21 bits per heavy atom. The van der Waals surface area contributed by atoms with Crippen LogP contribution in [0, 0.1) is 5.41 Å². The summed E-state index contributed by atoms with van der Waals surface area (Å²) in [6.07, 6.45) is 9.06. The van der Waals surface area contributed by atoms with E-state index in [1.165, 1.54) is 6.33 Å². The van der Waals surface area contributed by atoms with Gasteiger partial charge in [0.05, 0.1) is 11.1 Å². The Morgan fingerprint density at radius 1 is 1.42 bits per heavy atom. The predicted octanol–water partition coefficient (Wildman–Crippen LogP) is 2.59. The van der Waals surface area contributed by atoms with E-state index in [0.29, 0.717) is 0 Å². The highest BCUT2D eigenvalue weighted by Gasteiger charge is 2.43. The van der Waals surface area contributed by atoms with E-state index < -0.39 is 11.4 Å². The van der Waals surface area contributed by atoms with Crippen molar-refractivity contribution in [2.45, 2.75) is 38.6 Å². The van der Waals surface area contributed by atoms with Gasteiger partial charge in [0.15, 0.2) is 0 Å². The number of aromatic nitrogens is 3. The summed E-state index contributed by atoms with van der Waals surface area (Å²) in [5.74, 6) is -0.710. The van der Waals surface area contributed by atoms with Gasteiger partial charge in [0.25, 0.3) is 0 Å². The third kappa shape index (κ3) is 1.89. The molecule has 2 aliphatic heterocycles. The van der Waals surface area contributed by atoms with Gasteiger partial charge in [0.2, 0.25) is 0 Å². The molecule has 2 atom stereocenters. The van der Waals surface area contributed by atoms with Crippen molar-refractivity contribution in [1.82, 2.24) is 14.5 Å². The molecule has 0 saturated heterocycles. The number of hydrogen-bond acceptors (Lipinski definition) is 3. The largest absolute Gasteiger partial charge is 0.481 e. The maximum absolute atomic E-state index is 11.6.